The predicted octanol–water partition coefficient (Wildman–Crippen LogP) is 2.45. The van der Waals surface area contributed by atoms with Gasteiger partial charge in [-0.1, -0.05) is 20.8 Å². The molecular formula is C19H32N4O2S. The van der Waals surface area contributed by atoms with Crippen molar-refractivity contribution in [3.05, 3.63) is 22.4 Å². The van der Waals surface area contributed by atoms with E-state index >= 15 is 0 Å². The number of hydrogen-bond acceptors (Lipinski definition) is 5. The van der Waals surface area contributed by atoms with Crippen LogP contribution in [0.4, 0.5) is 0 Å². The number of ether oxygens (including phenoxy) is 1. The second kappa shape index (κ2) is 9.92. The van der Waals surface area contributed by atoms with E-state index in [0.717, 1.165) is 32.1 Å². The smallest absolute Gasteiger partial charge is 0.310 e. The van der Waals surface area contributed by atoms with Gasteiger partial charge in [0.1, 0.15) is 0 Å². The fraction of sp³-hybridized carbons (Fsp3) is 0.684. The first kappa shape index (κ1) is 20.7. The Balaban J connectivity index is 2.04. The number of guanidine groups is 1. The topological polar surface area (TPSA) is 57.2 Å². The summed E-state index contributed by atoms with van der Waals surface area (Å²) in [6.45, 7) is 10.8. The van der Waals surface area contributed by atoms with E-state index in [0.29, 0.717) is 12.6 Å². The zero-order valence-corrected chi connectivity index (χ0v) is 17.4. The third-order valence-corrected chi connectivity index (χ3v) is 5.96. The van der Waals surface area contributed by atoms with E-state index in [1.165, 1.54) is 12.7 Å². The first-order chi connectivity index (χ1) is 12.5. The molecule has 0 saturated carbocycles. The average molecular weight is 381 g/mol. The summed E-state index contributed by atoms with van der Waals surface area (Å²) in [5.74, 6) is 0.899. The molecule has 0 radical (unpaired) electrons. The summed E-state index contributed by atoms with van der Waals surface area (Å²) in [6, 6.07) is 2.51. The highest BCUT2D eigenvalue weighted by molar-refractivity contribution is 7.07. The van der Waals surface area contributed by atoms with Crippen LogP contribution >= 0.6 is 11.3 Å². The van der Waals surface area contributed by atoms with Gasteiger partial charge < -0.3 is 15.0 Å². The summed E-state index contributed by atoms with van der Waals surface area (Å²) in [6.07, 6.45) is 0. The van der Waals surface area contributed by atoms with Crippen molar-refractivity contribution >= 4 is 23.3 Å². The summed E-state index contributed by atoms with van der Waals surface area (Å²) in [5, 5.41) is 7.88. The quantitative estimate of drug-likeness (QED) is 0.447. The standard InChI is InChI=1S/C19H32N4O2S/c1-6-22(7-2)17(15-8-9-26-13-15)10-21-19(20-4)23-11-14(3)16(12-23)18(24)25-5/h8-9,13-14,16-17H,6-7,10-12H2,1-5H3,(H,20,21). The predicted molar refractivity (Wildman–Crippen MR) is 108 cm³/mol. The largest absolute Gasteiger partial charge is 0.469 e. The number of nitrogens with zero attached hydrogens (tertiary/aromatic N) is 3. The van der Waals surface area contributed by atoms with Crippen LogP contribution in [-0.4, -0.2) is 68.6 Å². The molecule has 146 valence electrons. The Morgan fingerprint density at radius 3 is 2.73 bits per heavy atom. The molecule has 1 fully saturated rings. The Kier molecular flexibility index (Phi) is 7.90. The molecule has 0 amide bonds. The molecule has 1 aromatic heterocycles. The Hall–Kier alpha value is -1.60. The maximum Gasteiger partial charge on any atom is 0.310 e. The van der Waals surface area contributed by atoms with Crippen molar-refractivity contribution in [2.75, 3.05) is 46.9 Å². The van der Waals surface area contributed by atoms with Crippen LogP contribution in [0.2, 0.25) is 0 Å². The van der Waals surface area contributed by atoms with Gasteiger partial charge >= 0.3 is 5.97 Å². The first-order valence-corrected chi connectivity index (χ1v) is 10.3. The minimum atomic E-state index is -0.130. The molecule has 6 nitrogen and oxygen atoms in total. The van der Waals surface area contributed by atoms with Crippen molar-refractivity contribution in [2.45, 2.75) is 26.8 Å². The fourth-order valence-corrected chi connectivity index (χ4v) is 4.41. The first-order valence-electron chi connectivity index (χ1n) is 9.35. The number of carbonyl (C=O) groups excluding carboxylic acids is 1. The molecule has 1 saturated heterocycles. The molecular weight excluding hydrogens is 348 g/mol. The summed E-state index contributed by atoms with van der Waals surface area (Å²) >= 11 is 1.73. The molecule has 1 N–H and O–H groups in total. The highest BCUT2D eigenvalue weighted by Crippen LogP contribution is 2.25. The average Bonchev–Trinajstić information content (AvgIpc) is 3.31. The van der Waals surface area contributed by atoms with Gasteiger partial charge in [-0.15, -0.1) is 0 Å². The summed E-state index contributed by atoms with van der Waals surface area (Å²) < 4.78 is 4.94. The Bertz CT molecular complexity index is 586. The molecule has 2 rings (SSSR count). The Morgan fingerprint density at radius 1 is 1.46 bits per heavy atom. The lowest BCUT2D eigenvalue weighted by molar-refractivity contribution is -0.145. The number of nitrogens with one attached hydrogen (secondary N) is 1. The maximum absolute atomic E-state index is 12.0. The van der Waals surface area contributed by atoms with Crippen molar-refractivity contribution in [2.24, 2.45) is 16.8 Å². The van der Waals surface area contributed by atoms with E-state index in [4.69, 9.17) is 4.74 Å². The van der Waals surface area contributed by atoms with Crippen molar-refractivity contribution in [1.82, 2.24) is 15.1 Å². The van der Waals surface area contributed by atoms with E-state index in [-0.39, 0.29) is 17.8 Å². The molecule has 0 bridgehead atoms. The van der Waals surface area contributed by atoms with Crippen LogP contribution in [0.25, 0.3) is 0 Å². The van der Waals surface area contributed by atoms with Crippen LogP contribution < -0.4 is 5.32 Å². The molecule has 1 aliphatic rings. The van der Waals surface area contributed by atoms with Crippen LogP contribution in [0.15, 0.2) is 21.8 Å². The number of rotatable bonds is 7. The highest BCUT2D eigenvalue weighted by Gasteiger charge is 2.37. The normalized spacial score (nSPS) is 21.9. The van der Waals surface area contributed by atoms with E-state index in [1.54, 1.807) is 18.4 Å². The lowest BCUT2D eigenvalue weighted by Gasteiger charge is -2.31. The number of esters is 1. The van der Waals surface area contributed by atoms with Gasteiger partial charge in [-0.05, 0) is 41.4 Å². The second-order valence-corrected chi connectivity index (χ2v) is 7.51. The molecule has 0 aliphatic carbocycles. The lowest BCUT2D eigenvalue weighted by Crippen LogP contribution is -2.44. The number of methoxy groups -OCH3 is 1. The molecule has 3 unspecified atom stereocenters. The molecule has 26 heavy (non-hydrogen) atoms. The van der Waals surface area contributed by atoms with E-state index in [1.807, 2.05) is 0 Å². The molecule has 1 aliphatic heterocycles. The van der Waals surface area contributed by atoms with Gasteiger partial charge in [0.15, 0.2) is 5.96 Å². The maximum atomic E-state index is 12.0. The van der Waals surface area contributed by atoms with Crippen molar-refractivity contribution in [3.63, 3.8) is 0 Å². The number of carbonyl (C=O) groups is 1. The molecule has 1 aromatic rings. The van der Waals surface area contributed by atoms with Crippen LogP contribution in [0.1, 0.15) is 32.4 Å². The number of hydrogen-bond donors (Lipinski definition) is 1. The van der Waals surface area contributed by atoms with E-state index in [9.17, 15) is 4.79 Å². The van der Waals surface area contributed by atoms with Gasteiger partial charge in [0.05, 0.1) is 19.1 Å². The van der Waals surface area contributed by atoms with Gasteiger partial charge in [-0.2, -0.15) is 11.3 Å². The van der Waals surface area contributed by atoms with E-state index < -0.39 is 0 Å². The minimum Gasteiger partial charge on any atom is -0.469 e. The third-order valence-electron chi connectivity index (χ3n) is 5.26. The van der Waals surface area contributed by atoms with Crippen molar-refractivity contribution in [3.8, 4) is 0 Å². The van der Waals surface area contributed by atoms with Gasteiger partial charge in [0, 0.05) is 26.7 Å². The van der Waals surface area contributed by atoms with E-state index in [2.05, 4.69) is 57.7 Å². The number of likely N-dealkylation sites (tertiary alicyclic amines) is 1. The molecule has 0 aromatic carbocycles. The van der Waals surface area contributed by atoms with Crippen LogP contribution in [0.5, 0.6) is 0 Å². The Labute approximate surface area is 161 Å². The zero-order chi connectivity index (χ0) is 19.1. The molecule has 0 spiro atoms. The fourth-order valence-electron chi connectivity index (χ4n) is 3.70. The molecule has 3 atom stereocenters. The van der Waals surface area contributed by atoms with Gasteiger partial charge in [-0.25, -0.2) is 0 Å². The number of thiophene rings is 1. The van der Waals surface area contributed by atoms with Crippen molar-refractivity contribution < 1.29 is 9.53 Å². The van der Waals surface area contributed by atoms with Crippen LogP contribution in [0.3, 0.4) is 0 Å². The summed E-state index contributed by atoms with van der Waals surface area (Å²) in [5.41, 5.74) is 1.34. The number of likely N-dealkylation sites (N-methyl/N-ethyl adjacent to an activating group) is 1. The van der Waals surface area contributed by atoms with Crippen LogP contribution in [-0.2, 0) is 9.53 Å². The monoisotopic (exact) mass is 380 g/mol. The van der Waals surface area contributed by atoms with Crippen molar-refractivity contribution in [1.29, 1.82) is 0 Å². The zero-order valence-electron chi connectivity index (χ0n) is 16.6. The lowest BCUT2D eigenvalue weighted by atomic mass is 9.99. The van der Waals surface area contributed by atoms with Crippen LogP contribution in [0, 0.1) is 11.8 Å². The second-order valence-electron chi connectivity index (χ2n) is 6.73. The third kappa shape index (κ3) is 4.76. The van der Waals surface area contributed by atoms with Gasteiger partial charge in [0.2, 0.25) is 0 Å². The Morgan fingerprint density at radius 2 is 2.19 bits per heavy atom. The summed E-state index contributed by atoms with van der Waals surface area (Å²) in [4.78, 5) is 21.0. The van der Waals surface area contributed by atoms with Gasteiger partial charge in [0.25, 0.3) is 0 Å². The molecule has 7 heteroatoms. The summed E-state index contributed by atoms with van der Waals surface area (Å²) in [7, 11) is 3.26. The SMILES string of the molecule is CCN(CC)C(CNC(=NC)N1CC(C)C(C(=O)OC)C1)c1ccsc1. The minimum absolute atomic E-state index is 0.0889. The molecule has 2 heterocycles. The number of aliphatic imine (C=N–C) groups is 1. The highest BCUT2D eigenvalue weighted by atomic mass is 32.1. The van der Waals surface area contributed by atoms with Gasteiger partial charge in [-0.3, -0.25) is 14.7 Å².